The Labute approximate surface area is 91.3 Å². The van der Waals surface area contributed by atoms with E-state index in [0.29, 0.717) is 0 Å². The molecule has 1 heterocycles. The lowest BCUT2D eigenvalue weighted by atomic mass is 10.3. The van der Waals surface area contributed by atoms with Gasteiger partial charge in [-0.25, -0.2) is 0 Å². The molecule has 0 aliphatic rings. The summed E-state index contributed by atoms with van der Waals surface area (Å²) in [7, 11) is 11.9. The molecule has 0 unspecified atom stereocenters. The number of rotatable bonds is 3. The van der Waals surface area contributed by atoms with Crippen molar-refractivity contribution >= 4 is 17.3 Å². The third kappa shape index (κ3) is 2.49. The van der Waals surface area contributed by atoms with E-state index in [9.17, 15) is 0 Å². The molecule has 15 heavy (non-hydrogen) atoms. The SMILES string of the molecule is CN(C)c1cc(N(C)C)c(N(C)C)nn1. The highest BCUT2D eigenvalue weighted by atomic mass is 15.3. The first-order chi connectivity index (χ1) is 6.93. The Morgan fingerprint density at radius 1 is 0.800 bits per heavy atom. The van der Waals surface area contributed by atoms with Crippen molar-refractivity contribution in [2.75, 3.05) is 57.0 Å². The predicted molar refractivity (Wildman–Crippen MR) is 65.0 cm³/mol. The fraction of sp³-hybridized carbons (Fsp3) is 0.600. The van der Waals surface area contributed by atoms with Crippen LogP contribution >= 0.6 is 0 Å². The average molecular weight is 209 g/mol. The van der Waals surface area contributed by atoms with E-state index in [1.165, 1.54) is 0 Å². The topological polar surface area (TPSA) is 35.5 Å². The molecule has 0 bridgehead atoms. The fourth-order valence-electron chi connectivity index (χ4n) is 1.23. The molecular formula is C10H19N5. The molecular weight excluding hydrogens is 190 g/mol. The van der Waals surface area contributed by atoms with Crippen molar-refractivity contribution < 1.29 is 0 Å². The van der Waals surface area contributed by atoms with Crippen molar-refractivity contribution in [1.29, 1.82) is 0 Å². The third-order valence-electron chi connectivity index (χ3n) is 2.11. The lowest BCUT2D eigenvalue weighted by molar-refractivity contribution is 0.918. The van der Waals surface area contributed by atoms with E-state index in [1.807, 2.05) is 63.1 Å². The number of hydrogen-bond acceptors (Lipinski definition) is 5. The van der Waals surface area contributed by atoms with E-state index in [0.717, 1.165) is 17.3 Å². The van der Waals surface area contributed by atoms with Gasteiger partial charge in [0.2, 0.25) is 0 Å². The first kappa shape index (κ1) is 11.6. The van der Waals surface area contributed by atoms with Gasteiger partial charge in [-0.1, -0.05) is 0 Å². The molecule has 0 aliphatic heterocycles. The summed E-state index contributed by atoms with van der Waals surface area (Å²) in [6, 6.07) is 2.03. The van der Waals surface area contributed by atoms with E-state index in [4.69, 9.17) is 0 Å². The molecule has 5 nitrogen and oxygen atoms in total. The Kier molecular flexibility index (Phi) is 3.34. The second-order valence-electron chi connectivity index (χ2n) is 4.09. The highest BCUT2D eigenvalue weighted by Gasteiger charge is 2.11. The Morgan fingerprint density at radius 3 is 1.80 bits per heavy atom. The van der Waals surface area contributed by atoms with Crippen LogP contribution < -0.4 is 14.7 Å². The van der Waals surface area contributed by atoms with Crippen LogP contribution in [0.4, 0.5) is 17.3 Å². The monoisotopic (exact) mass is 209 g/mol. The van der Waals surface area contributed by atoms with E-state index >= 15 is 0 Å². The van der Waals surface area contributed by atoms with Gasteiger partial charge in [0.25, 0.3) is 0 Å². The normalized spacial score (nSPS) is 10.0. The second kappa shape index (κ2) is 4.33. The lowest BCUT2D eigenvalue weighted by Gasteiger charge is -2.22. The molecule has 0 saturated heterocycles. The number of aromatic nitrogens is 2. The fourth-order valence-corrected chi connectivity index (χ4v) is 1.23. The van der Waals surface area contributed by atoms with E-state index in [1.54, 1.807) is 0 Å². The van der Waals surface area contributed by atoms with E-state index in [-0.39, 0.29) is 0 Å². The molecule has 0 aliphatic carbocycles. The lowest BCUT2D eigenvalue weighted by Crippen LogP contribution is -2.20. The van der Waals surface area contributed by atoms with Crippen LogP contribution in [0.25, 0.3) is 0 Å². The Balaban J connectivity index is 3.21. The summed E-state index contributed by atoms with van der Waals surface area (Å²) in [5.74, 6) is 1.75. The molecule has 5 heteroatoms. The first-order valence-corrected chi connectivity index (χ1v) is 4.83. The van der Waals surface area contributed by atoms with Gasteiger partial charge in [0.15, 0.2) is 11.6 Å². The molecule has 1 aromatic heterocycles. The van der Waals surface area contributed by atoms with Crippen molar-refractivity contribution in [3.05, 3.63) is 6.07 Å². The van der Waals surface area contributed by atoms with Gasteiger partial charge >= 0.3 is 0 Å². The maximum absolute atomic E-state index is 4.21. The van der Waals surface area contributed by atoms with Crippen LogP contribution in [0, 0.1) is 0 Å². The zero-order valence-electron chi connectivity index (χ0n) is 10.3. The minimum atomic E-state index is 0.865. The van der Waals surface area contributed by atoms with Gasteiger partial charge in [0, 0.05) is 48.4 Å². The number of anilines is 3. The zero-order chi connectivity index (χ0) is 11.6. The maximum Gasteiger partial charge on any atom is 0.174 e. The molecule has 1 aromatic rings. The average Bonchev–Trinajstić information content (AvgIpc) is 2.16. The van der Waals surface area contributed by atoms with Crippen LogP contribution in [0.5, 0.6) is 0 Å². The molecule has 0 spiro atoms. The molecule has 0 fully saturated rings. The van der Waals surface area contributed by atoms with Gasteiger partial charge in [0.1, 0.15) is 0 Å². The van der Waals surface area contributed by atoms with Crippen LogP contribution in [0.3, 0.4) is 0 Å². The third-order valence-corrected chi connectivity index (χ3v) is 2.11. The summed E-state index contributed by atoms with van der Waals surface area (Å²) in [6.07, 6.45) is 0. The summed E-state index contributed by atoms with van der Waals surface area (Å²) in [5.41, 5.74) is 1.07. The maximum atomic E-state index is 4.21. The van der Waals surface area contributed by atoms with Gasteiger partial charge in [0.05, 0.1) is 5.69 Å². The van der Waals surface area contributed by atoms with Gasteiger partial charge in [-0.05, 0) is 0 Å². The van der Waals surface area contributed by atoms with Gasteiger partial charge in [-0.2, -0.15) is 0 Å². The zero-order valence-corrected chi connectivity index (χ0v) is 10.3. The van der Waals surface area contributed by atoms with Crippen LogP contribution in [-0.2, 0) is 0 Å². The van der Waals surface area contributed by atoms with Crippen molar-refractivity contribution in [1.82, 2.24) is 10.2 Å². The minimum absolute atomic E-state index is 0.865. The highest BCUT2D eigenvalue weighted by Crippen LogP contribution is 2.26. The van der Waals surface area contributed by atoms with Crippen molar-refractivity contribution in [2.45, 2.75) is 0 Å². The Hall–Kier alpha value is -1.52. The highest BCUT2D eigenvalue weighted by molar-refractivity contribution is 5.68. The smallest absolute Gasteiger partial charge is 0.174 e. The number of nitrogens with zero attached hydrogens (tertiary/aromatic N) is 5. The van der Waals surface area contributed by atoms with Gasteiger partial charge < -0.3 is 14.7 Å². The van der Waals surface area contributed by atoms with Crippen LogP contribution in [-0.4, -0.2) is 52.5 Å². The van der Waals surface area contributed by atoms with Crippen LogP contribution in [0.15, 0.2) is 6.07 Å². The summed E-state index contributed by atoms with van der Waals surface area (Å²) < 4.78 is 0. The van der Waals surface area contributed by atoms with Crippen molar-refractivity contribution in [3.8, 4) is 0 Å². The van der Waals surface area contributed by atoms with Gasteiger partial charge in [-0.3, -0.25) is 0 Å². The van der Waals surface area contributed by atoms with Crippen LogP contribution in [0.1, 0.15) is 0 Å². The first-order valence-electron chi connectivity index (χ1n) is 4.83. The Bertz CT molecular complexity index is 333. The molecule has 0 radical (unpaired) electrons. The summed E-state index contributed by atoms with van der Waals surface area (Å²) >= 11 is 0. The molecule has 0 saturated carbocycles. The summed E-state index contributed by atoms with van der Waals surface area (Å²) in [5, 5.41) is 8.36. The largest absolute Gasteiger partial charge is 0.375 e. The van der Waals surface area contributed by atoms with E-state index in [2.05, 4.69) is 10.2 Å². The molecule has 84 valence electrons. The van der Waals surface area contributed by atoms with Crippen LogP contribution in [0.2, 0.25) is 0 Å². The quantitative estimate of drug-likeness (QED) is 0.731. The molecule has 0 aromatic carbocycles. The summed E-state index contributed by atoms with van der Waals surface area (Å²) in [6.45, 7) is 0. The predicted octanol–water partition coefficient (Wildman–Crippen LogP) is 0.675. The Morgan fingerprint density at radius 2 is 1.40 bits per heavy atom. The minimum Gasteiger partial charge on any atom is -0.375 e. The summed E-state index contributed by atoms with van der Waals surface area (Å²) in [4.78, 5) is 5.94. The molecule has 0 atom stereocenters. The van der Waals surface area contributed by atoms with Crippen molar-refractivity contribution in [3.63, 3.8) is 0 Å². The second-order valence-corrected chi connectivity index (χ2v) is 4.09. The molecule has 1 rings (SSSR count). The molecule has 0 N–H and O–H groups in total. The standard InChI is InChI=1S/C10H19N5/c1-13(2)8-7-9(14(3)4)11-12-10(8)15(5)6/h7H,1-6H3. The number of hydrogen-bond donors (Lipinski definition) is 0. The van der Waals surface area contributed by atoms with E-state index < -0.39 is 0 Å². The molecule has 0 amide bonds. The van der Waals surface area contributed by atoms with Crippen molar-refractivity contribution in [2.24, 2.45) is 0 Å². The van der Waals surface area contributed by atoms with Gasteiger partial charge in [-0.15, -0.1) is 10.2 Å².